The molecule has 1 amide bonds. The zero-order chi connectivity index (χ0) is 19.0. The van der Waals surface area contributed by atoms with Crippen LogP contribution in [0.2, 0.25) is 0 Å². The van der Waals surface area contributed by atoms with Gasteiger partial charge in [-0.1, -0.05) is 12.1 Å². The Morgan fingerprint density at radius 3 is 2.38 bits per heavy atom. The van der Waals surface area contributed by atoms with Crippen LogP contribution in [-0.2, 0) is 9.59 Å². The van der Waals surface area contributed by atoms with E-state index in [0.717, 1.165) is 5.56 Å². The molecule has 26 heavy (non-hydrogen) atoms. The number of ketones is 1. The summed E-state index contributed by atoms with van der Waals surface area (Å²) in [5.41, 5.74) is 0.915. The summed E-state index contributed by atoms with van der Waals surface area (Å²) in [4.78, 5) is 32.7. The average Bonchev–Trinajstić information content (AvgIpc) is 2.99. The molecule has 0 radical (unpaired) electrons. The van der Waals surface area contributed by atoms with Crippen molar-refractivity contribution >= 4 is 23.6 Å². The fourth-order valence-electron chi connectivity index (χ4n) is 3.38. The highest BCUT2D eigenvalue weighted by Gasteiger charge is 2.49. The number of likely N-dealkylation sites (tertiary alicyclic amines) is 1. The van der Waals surface area contributed by atoms with E-state index in [-0.39, 0.29) is 11.7 Å². The third-order valence-corrected chi connectivity index (χ3v) is 4.99. The zero-order valence-electron chi connectivity index (χ0n) is 15.6. The highest BCUT2D eigenvalue weighted by atomic mass is 16.5. The number of methoxy groups -OCH3 is 2. The Hall–Kier alpha value is -2.83. The molecule has 2 aliphatic heterocycles. The molecule has 138 valence electrons. The molecule has 0 N–H and O–H groups in total. The summed E-state index contributed by atoms with van der Waals surface area (Å²) < 4.78 is 10.5. The Morgan fingerprint density at radius 1 is 1.04 bits per heavy atom. The van der Waals surface area contributed by atoms with Gasteiger partial charge in [0.25, 0.3) is 0 Å². The Bertz CT molecular complexity index is 802. The number of likely N-dealkylation sites (N-methyl/N-ethyl adjacent to an activating group) is 2. The molecule has 2 heterocycles. The molecule has 1 aromatic carbocycles. The van der Waals surface area contributed by atoms with Gasteiger partial charge in [-0.2, -0.15) is 0 Å². The fraction of sp³-hybridized carbons (Fsp3) is 0.421. The quantitative estimate of drug-likeness (QED) is 0.763. The number of fused-ring (bicyclic) bond motifs is 1. The van der Waals surface area contributed by atoms with Crippen molar-refractivity contribution in [3.63, 3.8) is 0 Å². The van der Waals surface area contributed by atoms with Crippen LogP contribution in [0.3, 0.4) is 0 Å². The van der Waals surface area contributed by atoms with E-state index in [0.29, 0.717) is 17.3 Å². The molecule has 0 aromatic heterocycles. The third-order valence-electron chi connectivity index (χ3n) is 4.99. The molecule has 1 aromatic rings. The SMILES string of the molecule is COc1ccc(/C=C/C2=NC3C(C(=O)C(C)C(=O)N3C)N2C)cc1OC. The van der Waals surface area contributed by atoms with Crippen LogP contribution in [0.25, 0.3) is 6.08 Å². The van der Waals surface area contributed by atoms with Gasteiger partial charge in [-0.3, -0.25) is 9.59 Å². The number of amides is 1. The molecule has 1 saturated heterocycles. The number of hydrogen-bond acceptors (Lipinski definition) is 6. The van der Waals surface area contributed by atoms with E-state index in [2.05, 4.69) is 4.99 Å². The van der Waals surface area contributed by atoms with Gasteiger partial charge in [0.15, 0.2) is 23.4 Å². The predicted octanol–water partition coefficient (Wildman–Crippen LogP) is 1.43. The first kappa shape index (κ1) is 18.0. The van der Waals surface area contributed by atoms with Crippen molar-refractivity contribution in [1.82, 2.24) is 9.80 Å². The van der Waals surface area contributed by atoms with Crippen molar-refractivity contribution in [2.45, 2.75) is 19.1 Å². The van der Waals surface area contributed by atoms with E-state index in [1.54, 1.807) is 33.1 Å². The first-order valence-corrected chi connectivity index (χ1v) is 8.40. The molecule has 7 heteroatoms. The molecule has 0 spiro atoms. The molecule has 3 unspecified atom stereocenters. The smallest absolute Gasteiger partial charge is 0.234 e. The zero-order valence-corrected chi connectivity index (χ0v) is 15.6. The number of ether oxygens (including phenoxy) is 2. The number of hydrogen-bond donors (Lipinski definition) is 0. The summed E-state index contributed by atoms with van der Waals surface area (Å²) in [6.45, 7) is 1.66. The topological polar surface area (TPSA) is 71.4 Å². The van der Waals surface area contributed by atoms with E-state index in [1.165, 1.54) is 0 Å². The van der Waals surface area contributed by atoms with E-state index in [9.17, 15) is 9.59 Å². The molecule has 2 aliphatic rings. The van der Waals surface area contributed by atoms with Crippen molar-refractivity contribution in [3.8, 4) is 11.5 Å². The van der Waals surface area contributed by atoms with Gasteiger partial charge in [0.05, 0.1) is 20.1 Å². The Kier molecular flexibility index (Phi) is 4.71. The predicted molar refractivity (Wildman–Crippen MR) is 98.3 cm³/mol. The summed E-state index contributed by atoms with van der Waals surface area (Å²) in [6.07, 6.45) is 3.27. The second-order valence-electron chi connectivity index (χ2n) is 6.48. The van der Waals surface area contributed by atoms with Gasteiger partial charge in [0.1, 0.15) is 11.9 Å². The Labute approximate surface area is 152 Å². The second kappa shape index (κ2) is 6.82. The molecular formula is C19H23N3O4. The van der Waals surface area contributed by atoms with Gasteiger partial charge in [0.2, 0.25) is 5.91 Å². The largest absolute Gasteiger partial charge is 0.493 e. The van der Waals surface area contributed by atoms with Crippen molar-refractivity contribution in [2.75, 3.05) is 28.3 Å². The normalized spacial score (nSPS) is 25.6. The van der Waals surface area contributed by atoms with Crippen LogP contribution in [0, 0.1) is 5.92 Å². The number of carbonyl (C=O) groups excluding carboxylic acids is 2. The minimum absolute atomic E-state index is 0.0844. The van der Waals surface area contributed by atoms with Crippen LogP contribution >= 0.6 is 0 Å². The minimum atomic E-state index is -0.631. The van der Waals surface area contributed by atoms with Gasteiger partial charge in [-0.05, 0) is 30.7 Å². The second-order valence-corrected chi connectivity index (χ2v) is 6.48. The van der Waals surface area contributed by atoms with Crippen LogP contribution < -0.4 is 9.47 Å². The molecule has 3 rings (SSSR count). The summed E-state index contributed by atoms with van der Waals surface area (Å²) in [5, 5.41) is 0. The van der Waals surface area contributed by atoms with Crippen molar-refractivity contribution < 1.29 is 19.1 Å². The summed E-state index contributed by atoms with van der Waals surface area (Å²) in [6, 6.07) is 5.16. The Morgan fingerprint density at radius 2 is 1.73 bits per heavy atom. The van der Waals surface area contributed by atoms with Crippen LogP contribution in [0.1, 0.15) is 12.5 Å². The molecule has 0 saturated carbocycles. The van der Waals surface area contributed by atoms with E-state index in [4.69, 9.17) is 9.47 Å². The van der Waals surface area contributed by atoms with Crippen LogP contribution in [-0.4, -0.2) is 67.8 Å². The lowest BCUT2D eigenvalue weighted by Crippen LogP contribution is -2.59. The number of aliphatic imine (C=N–C) groups is 1. The van der Waals surface area contributed by atoms with E-state index >= 15 is 0 Å². The lowest BCUT2D eigenvalue weighted by molar-refractivity contribution is -0.149. The minimum Gasteiger partial charge on any atom is -0.493 e. The number of carbonyl (C=O) groups is 2. The first-order valence-electron chi connectivity index (χ1n) is 8.40. The van der Waals surface area contributed by atoms with Crippen LogP contribution in [0.5, 0.6) is 11.5 Å². The molecule has 0 aliphatic carbocycles. The van der Waals surface area contributed by atoms with Gasteiger partial charge in [-0.25, -0.2) is 4.99 Å². The van der Waals surface area contributed by atoms with E-state index in [1.807, 2.05) is 42.3 Å². The molecule has 7 nitrogen and oxygen atoms in total. The highest BCUT2D eigenvalue weighted by Crippen LogP contribution is 2.30. The van der Waals surface area contributed by atoms with Gasteiger partial charge in [-0.15, -0.1) is 0 Å². The lowest BCUT2D eigenvalue weighted by Gasteiger charge is -2.37. The maximum atomic E-state index is 12.5. The van der Waals surface area contributed by atoms with Gasteiger partial charge >= 0.3 is 0 Å². The van der Waals surface area contributed by atoms with Crippen molar-refractivity contribution in [2.24, 2.45) is 10.9 Å². The fourth-order valence-corrected chi connectivity index (χ4v) is 3.38. The summed E-state index contributed by atoms with van der Waals surface area (Å²) in [7, 11) is 6.70. The van der Waals surface area contributed by atoms with Gasteiger partial charge in [0, 0.05) is 14.1 Å². The molecular weight excluding hydrogens is 334 g/mol. The van der Waals surface area contributed by atoms with Crippen LogP contribution in [0.4, 0.5) is 0 Å². The van der Waals surface area contributed by atoms with E-state index < -0.39 is 18.1 Å². The number of benzene rings is 1. The maximum Gasteiger partial charge on any atom is 0.234 e. The standard InChI is InChI=1S/C19H23N3O4/c1-11-17(23)16-18(22(3)19(11)24)20-15(21(16)2)9-7-12-6-8-13(25-4)14(10-12)26-5/h6-11,16,18H,1-5H3/b9-7+. The number of piperidine rings is 1. The number of Topliss-reactive ketones (excluding diaryl/α,β-unsaturated/α-hetero) is 1. The first-order chi connectivity index (χ1) is 12.4. The average molecular weight is 357 g/mol. The van der Waals surface area contributed by atoms with Gasteiger partial charge < -0.3 is 19.3 Å². The Balaban J connectivity index is 1.86. The van der Waals surface area contributed by atoms with Crippen molar-refractivity contribution in [1.29, 1.82) is 0 Å². The van der Waals surface area contributed by atoms with Crippen molar-refractivity contribution in [3.05, 3.63) is 29.8 Å². The molecule has 0 bridgehead atoms. The monoisotopic (exact) mass is 357 g/mol. The highest BCUT2D eigenvalue weighted by molar-refractivity contribution is 6.10. The molecule has 3 atom stereocenters. The third kappa shape index (κ3) is 2.83. The molecule has 1 fully saturated rings. The summed E-state index contributed by atoms with van der Waals surface area (Å²) >= 11 is 0. The maximum absolute atomic E-state index is 12.5. The lowest BCUT2D eigenvalue weighted by atomic mass is 9.91. The summed E-state index contributed by atoms with van der Waals surface area (Å²) in [5.74, 6) is 1.06. The van der Waals surface area contributed by atoms with Crippen LogP contribution in [0.15, 0.2) is 29.3 Å². The number of rotatable bonds is 4. The number of nitrogens with zero attached hydrogens (tertiary/aromatic N) is 3. The number of amidine groups is 1.